The van der Waals surface area contributed by atoms with E-state index in [0.717, 1.165) is 28.2 Å². The standard InChI is InChI=1S/C27H24N4O3S/c1-16-21(18(3)31(29-16)20-13-9-6-10-14-20)15-22-25(32)30-24(19-11-7-5-8-12-19)23(26(33)34-4)17(2)28-27(30)35-22/h5-15,24H,1-4H3/b22-15-. The highest BCUT2D eigenvalue weighted by atomic mass is 32.1. The topological polar surface area (TPSA) is 78.5 Å². The van der Waals surface area contributed by atoms with Gasteiger partial charge >= 0.3 is 5.97 Å². The monoisotopic (exact) mass is 484 g/mol. The molecule has 2 aromatic heterocycles. The van der Waals surface area contributed by atoms with E-state index in [1.54, 1.807) is 11.5 Å². The van der Waals surface area contributed by atoms with Crippen molar-refractivity contribution in [2.75, 3.05) is 7.11 Å². The molecule has 0 N–H and O–H groups in total. The number of esters is 1. The molecule has 0 radical (unpaired) electrons. The number of hydrogen-bond donors (Lipinski definition) is 0. The Hall–Kier alpha value is -4.04. The van der Waals surface area contributed by atoms with E-state index < -0.39 is 12.0 Å². The fraction of sp³-hybridized carbons (Fsp3) is 0.185. The van der Waals surface area contributed by atoms with Gasteiger partial charge in [0.2, 0.25) is 0 Å². The number of benzene rings is 2. The number of aryl methyl sites for hydroxylation is 1. The summed E-state index contributed by atoms with van der Waals surface area (Å²) in [7, 11) is 1.34. The van der Waals surface area contributed by atoms with Gasteiger partial charge in [-0.3, -0.25) is 9.36 Å². The van der Waals surface area contributed by atoms with Crippen LogP contribution in [0, 0.1) is 13.8 Å². The van der Waals surface area contributed by atoms with E-state index in [4.69, 9.17) is 9.84 Å². The lowest BCUT2D eigenvalue weighted by Gasteiger charge is -2.24. The van der Waals surface area contributed by atoms with Crippen LogP contribution in [0.5, 0.6) is 0 Å². The Morgan fingerprint density at radius 1 is 1.03 bits per heavy atom. The first-order chi connectivity index (χ1) is 16.9. The van der Waals surface area contributed by atoms with Gasteiger partial charge in [0, 0.05) is 11.3 Å². The highest BCUT2D eigenvalue weighted by Crippen LogP contribution is 2.30. The number of thiazole rings is 1. The van der Waals surface area contributed by atoms with Crippen LogP contribution in [-0.4, -0.2) is 27.4 Å². The Morgan fingerprint density at radius 2 is 1.69 bits per heavy atom. The van der Waals surface area contributed by atoms with Crippen LogP contribution in [0.25, 0.3) is 11.8 Å². The minimum Gasteiger partial charge on any atom is -0.466 e. The first-order valence-electron chi connectivity index (χ1n) is 11.2. The molecule has 1 atom stereocenters. The first-order valence-corrected chi connectivity index (χ1v) is 12.0. The van der Waals surface area contributed by atoms with Gasteiger partial charge in [0.15, 0.2) is 4.80 Å². The maximum absolute atomic E-state index is 13.7. The average molecular weight is 485 g/mol. The third-order valence-corrected chi connectivity index (χ3v) is 7.15. The Bertz CT molecular complexity index is 1640. The third-order valence-electron chi connectivity index (χ3n) is 6.17. The summed E-state index contributed by atoms with van der Waals surface area (Å²) in [5.74, 6) is -0.495. The Balaban J connectivity index is 1.72. The van der Waals surface area contributed by atoms with E-state index in [0.29, 0.717) is 20.6 Å². The van der Waals surface area contributed by atoms with Crippen molar-refractivity contribution in [2.45, 2.75) is 26.8 Å². The Morgan fingerprint density at radius 3 is 2.34 bits per heavy atom. The smallest absolute Gasteiger partial charge is 0.338 e. The lowest BCUT2D eigenvalue weighted by molar-refractivity contribution is -0.136. The minimum absolute atomic E-state index is 0.206. The van der Waals surface area contributed by atoms with Crippen LogP contribution in [0.1, 0.15) is 35.5 Å². The van der Waals surface area contributed by atoms with E-state index in [1.807, 2.05) is 85.3 Å². The second-order valence-corrected chi connectivity index (χ2v) is 9.33. The highest BCUT2D eigenvalue weighted by Gasteiger charge is 2.33. The van der Waals surface area contributed by atoms with Crippen molar-refractivity contribution in [3.8, 4) is 5.69 Å². The van der Waals surface area contributed by atoms with Gasteiger partial charge in [-0.15, -0.1) is 0 Å². The van der Waals surface area contributed by atoms with Gasteiger partial charge in [-0.2, -0.15) is 5.10 Å². The van der Waals surface area contributed by atoms with Crippen LogP contribution < -0.4 is 14.9 Å². The summed E-state index contributed by atoms with van der Waals surface area (Å²) in [5.41, 5.74) is 5.12. The van der Waals surface area contributed by atoms with Gasteiger partial charge in [-0.05, 0) is 44.5 Å². The lowest BCUT2D eigenvalue weighted by atomic mass is 9.96. The Labute approximate surface area is 206 Å². The van der Waals surface area contributed by atoms with Crippen LogP contribution in [0.2, 0.25) is 0 Å². The molecule has 0 amide bonds. The molecule has 0 spiro atoms. The number of nitrogens with zero attached hydrogens (tertiary/aromatic N) is 4. The van der Waals surface area contributed by atoms with E-state index in [9.17, 15) is 9.59 Å². The molecule has 3 heterocycles. The second kappa shape index (κ2) is 8.96. The maximum Gasteiger partial charge on any atom is 0.338 e. The van der Waals surface area contributed by atoms with Crippen molar-refractivity contribution >= 4 is 23.4 Å². The number of para-hydroxylation sites is 1. The fourth-order valence-electron chi connectivity index (χ4n) is 4.46. The molecule has 5 rings (SSSR count). The molecule has 1 aliphatic rings. The van der Waals surface area contributed by atoms with Crippen LogP contribution >= 0.6 is 11.3 Å². The predicted molar refractivity (Wildman–Crippen MR) is 135 cm³/mol. The van der Waals surface area contributed by atoms with Gasteiger partial charge < -0.3 is 4.74 Å². The van der Waals surface area contributed by atoms with Crippen LogP contribution in [-0.2, 0) is 9.53 Å². The summed E-state index contributed by atoms with van der Waals surface area (Å²) >= 11 is 1.31. The number of allylic oxidation sites excluding steroid dienone is 1. The molecule has 4 aromatic rings. The fourth-order valence-corrected chi connectivity index (χ4v) is 5.49. The van der Waals surface area contributed by atoms with Crippen LogP contribution in [0.3, 0.4) is 0 Å². The number of ether oxygens (including phenoxy) is 1. The van der Waals surface area contributed by atoms with Gasteiger partial charge in [0.1, 0.15) is 0 Å². The third kappa shape index (κ3) is 3.85. The lowest BCUT2D eigenvalue weighted by Crippen LogP contribution is -2.39. The predicted octanol–water partition coefficient (Wildman–Crippen LogP) is 3.21. The summed E-state index contributed by atoms with van der Waals surface area (Å²) in [6, 6.07) is 18.8. The van der Waals surface area contributed by atoms with Crippen molar-refractivity contribution < 1.29 is 9.53 Å². The number of fused-ring (bicyclic) bond motifs is 1. The quantitative estimate of drug-likeness (QED) is 0.417. The molecular weight excluding hydrogens is 460 g/mol. The van der Waals surface area contributed by atoms with Crippen LogP contribution in [0.4, 0.5) is 0 Å². The van der Waals surface area contributed by atoms with E-state index in [2.05, 4.69) is 4.99 Å². The van der Waals surface area contributed by atoms with Crippen molar-refractivity contribution in [1.29, 1.82) is 0 Å². The van der Waals surface area contributed by atoms with E-state index >= 15 is 0 Å². The molecule has 0 saturated carbocycles. The maximum atomic E-state index is 13.7. The molecule has 0 saturated heterocycles. The molecule has 176 valence electrons. The summed E-state index contributed by atoms with van der Waals surface area (Å²) in [6.45, 7) is 5.70. The van der Waals surface area contributed by atoms with Gasteiger partial charge in [-0.25, -0.2) is 14.5 Å². The normalized spacial score (nSPS) is 15.7. The SMILES string of the molecule is COC(=O)C1=C(C)N=c2s/c(=C\c3c(C)nn(-c4ccccc4)c3C)c(=O)n2C1c1ccccc1. The Kier molecular flexibility index (Phi) is 5.82. The van der Waals surface area contributed by atoms with Crippen molar-refractivity contribution in [1.82, 2.24) is 14.3 Å². The first kappa shape index (κ1) is 22.7. The molecule has 8 heteroatoms. The highest BCUT2D eigenvalue weighted by molar-refractivity contribution is 7.07. The zero-order valence-corrected chi connectivity index (χ0v) is 20.7. The van der Waals surface area contributed by atoms with Gasteiger partial charge in [0.05, 0.1) is 40.3 Å². The summed E-state index contributed by atoms with van der Waals surface area (Å²) < 4.78 is 9.06. The molecule has 1 aliphatic heterocycles. The summed E-state index contributed by atoms with van der Waals surface area (Å²) in [4.78, 5) is 31.6. The zero-order valence-electron chi connectivity index (χ0n) is 19.9. The largest absolute Gasteiger partial charge is 0.466 e. The number of aromatic nitrogens is 3. The van der Waals surface area contributed by atoms with E-state index in [-0.39, 0.29) is 5.56 Å². The molecule has 1 unspecified atom stereocenters. The summed E-state index contributed by atoms with van der Waals surface area (Å²) in [6.07, 6.45) is 1.88. The molecule has 0 bridgehead atoms. The average Bonchev–Trinajstić information content (AvgIpc) is 3.34. The number of hydrogen-bond acceptors (Lipinski definition) is 6. The molecule has 0 fully saturated rings. The second-order valence-electron chi connectivity index (χ2n) is 8.32. The van der Waals surface area contributed by atoms with Crippen molar-refractivity contribution in [3.63, 3.8) is 0 Å². The summed E-state index contributed by atoms with van der Waals surface area (Å²) in [5, 5.41) is 4.70. The van der Waals surface area contributed by atoms with Crippen molar-refractivity contribution in [3.05, 3.63) is 114 Å². The molecule has 2 aromatic carbocycles. The molecule has 7 nitrogen and oxygen atoms in total. The number of rotatable bonds is 4. The van der Waals surface area contributed by atoms with Crippen molar-refractivity contribution in [2.24, 2.45) is 4.99 Å². The van der Waals surface area contributed by atoms with Gasteiger partial charge in [0.25, 0.3) is 5.56 Å². The molecular formula is C27H24N4O3S. The number of carbonyl (C=O) groups excluding carboxylic acids is 1. The van der Waals surface area contributed by atoms with Gasteiger partial charge in [-0.1, -0.05) is 59.9 Å². The molecule has 0 aliphatic carbocycles. The number of carbonyl (C=O) groups is 1. The molecule has 35 heavy (non-hydrogen) atoms. The van der Waals surface area contributed by atoms with E-state index in [1.165, 1.54) is 18.4 Å². The zero-order chi connectivity index (χ0) is 24.7. The minimum atomic E-state index is -0.615. The van der Waals surface area contributed by atoms with Crippen LogP contribution in [0.15, 0.2) is 81.7 Å². The number of methoxy groups -OCH3 is 1.